The van der Waals surface area contributed by atoms with Gasteiger partial charge in [0.15, 0.2) is 6.19 Å². The van der Waals surface area contributed by atoms with E-state index in [1.165, 1.54) is 0 Å². The first-order chi connectivity index (χ1) is 16.5. The largest absolute Gasteiger partial charge is 0.338 e. The van der Waals surface area contributed by atoms with Crippen molar-refractivity contribution in [2.75, 3.05) is 25.0 Å². The van der Waals surface area contributed by atoms with Crippen LogP contribution in [-0.4, -0.2) is 41.4 Å². The Morgan fingerprint density at radius 1 is 1.03 bits per heavy atom. The summed E-state index contributed by atoms with van der Waals surface area (Å²) in [6.07, 6.45) is 2.01. The summed E-state index contributed by atoms with van der Waals surface area (Å²) in [6, 6.07) is 24.8. The fraction of sp³-hybridized carbons (Fsp3) is 0.192. The molecular weight excluding hydrogens is 492 g/mol. The molecule has 172 valence electrons. The zero-order chi connectivity index (χ0) is 23.9. The zero-order valence-corrected chi connectivity index (χ0v) is 20.4. The molecule has 1 atom stereocenters. The quantitative estimate of drug-likeness (QED) is 0.211. The van der Waals surface area contributed by atoms with E-state index in [9.17, 15) is 10.1 Å². The third kappa shape index (κ3) is 5.56. The summed E-state index contributed by atoms with van der Waals surface area (Å²) >= 11 is 3.42. The van der Waals surface area contributed by atoms with Gasteiger partial charge in [0.2, 0.25) is 5.96 Å². The number of hydrogen-bond donors (Lipinski definition) is 2. The van der Waals surface area contributed by atoms with Crippen LogP contribution in [0.2, 0.25) is 0 Å². The molecule has 1 fully saturated rings. The molecule has 2 amide bonds. The van der Waals surface area contributed by atoms with Crippen molar-refractivity contribution in [1.82, 2.24) is 15.1 Å². The molecule has 3 aromatic carbocycles. The number of hydrogen-bond acceptors (Lipinski definition) is 3. The van der Waals surface area contributed by atoms with Gasteiger partial charge in [-0.05, 0) is 48.4 Å². The number of guanidine groups is 1. The highest BCUT2D eigenvalue weighted by Gasteiger charge is 2.33. The Labute approximate surface area is 207 Å². The lowest BCUT2D eigenvalue weighted by Crippen LogP contribution is -2.55. The van der Waals surface area contributed by atoms with Crippen LogP contribution in [0.3, 0.4) is 0 Å². The normalized spacial score (nSPS) is 16.0. The number of anilines is 1. The first kappa shape index (κ1) is 23.3. The van der Waals surface area contributed by atoms with Crippen LogP contribution in [0.25, 0.3) is 0 Å². The molecule has 1 heterocycles. The first-order valence-electron chi connectivity index (χ1n) is 11.0. The number of nitrogens with zero attached hydrogens (tertiary/aromatic N) is 4. The summed E-state index contributed by atoms with van der Waals surface area (Å²) in [5, 5.41) is 15.1. The van der Waals surface area contributed by atoms with E-state index in [1.54, 1.807) is 0 Å². The number of amides is 2. The highest BCUT2D eigenvalue weighted by molar-refractivity contribution is 9.10. The maximum atomic E-state index is 13.3. The number of nitriles is 1. The van der Waals surface area contributed by atoms with Gasteiger partial charge >= 0.3 is 6.03 Å². The van der Waals surface area contributed by atoms with Gasteiger partial charge < -0.3 is 15.1 Å². The molecule has 1 saturated heterocycles. The highest BCUT2D eigenvalue weighted by Crippen LogP contribution is 2.27. The van der Waals surface area contributed by atoms with E-state index in [1.807, 2.05) is 102 Å². The van der Waals surface area contributed by atoms with Crippen LogP contribution >= 0.6 is 15.9 Å². The van der Waals surface area contributed by atoms with E-state index >= 15 is 0 Å². The molecule has 0 aliphatic carbocycles. The Hall–Kier alpha value is -3.83. The molecule has 2 N–H and O–H groups in total. The van der Waals surface area contributed by atoms with Gasteiger partial charge in [-0.3, -0.25) is 5.32 Å². The molecule has 1 unspecified atom stereocenters. The van der Waals surface area contributed by atoms with Gasteiger partial charge in [-0.2, -0.15) is 5.26 Å². The maximum Gasteiger partial charge on any atom is 0.322 e. The average Bonchev–Trinajstić information content (AvgIpc) is 2.86. The highest BCUT2D eigenvalue weighted by atomic mass is 79.9. The van der Waals surface area contributed by atoms with Crippen LogP contribution in [-0.2, 0) is 0 Å². The molecular formula is C26H25BrN6O. The molecule has 1 aliphatic rings. The summed E-state index contributed by atoms with van der Waals surface area (Å²) in [4.78, 5) is 21.9. The summed E-state index contributed by atoms with van der Waals surface area (Å²) in [5.41, 5.74) is 3.57. The minimum absolute atomic E-state index is 0.165. The van der Waals surface area contributed by atoms with E-state index in [2.05, 4.69) is 26.6 Å². The minimum atomic E-state index is -0.215. The monoisotopic (exact) mass is 516 g/mol. The molecule has 0 saturated carbocycles. The predicted octanol–water partition coefficient (Wildman–Crippen LogP) is 5.41. The molecule has 8 heteroatoms. The van der Waals surface area contributed by atoms with Crippen LogP contribution in [0.1, 0.15) is 17.2 Å². The third-order valence-corrected chi connectivity index (χ3v) is 6.26. The van der Waals surface area contributed by atoms with Gasteiger partial charge in [0.05, 0.1) is 11.7 Å². The Morgan fingerprint density at radius 2 is 1.74 bits per heavy atom. The molecule has 3 aromatic rings. The van der Waals surface area contributed by atoms with Crippen molar-refractivity contribution in [3.05, 3.63) is 94.5 Å². The molecule has 0 radical (unpaired) electrons. The van der Waals surface area contributed by atoms with Crippen LogP contribution in [0, 0.1) is 18.4 Å². The van der Waals surface area contributed by atoms with E-state index < -0.39 is 0 Å². The number of halogens is 1. The summed E-state index contributed by atoms with van der Waals surface area (Å²) < 4.78 is 0.951. The lowest BCUT2D eigenvalue weighted by molar-refractivity contribution is 0.135. The first-order valence-corrected chi connectivity index (χ1v) is 11.8. The zero-order valence-electron chi connectivity index (χ0n) is 18.8. The number of carbonyl (C=O) groups excluding carboxylic acids is 1. The van der Waals surface area contributed by atoms with E-state index in [-0.39, 0.29) is 12.1 Å². The Morgan fingerprint density at radius 3 is 2.44 bits per heavy atom. The van der Waals surface area contributed by atoms with Gasteiger partial charge in [-0.25, -0.2) is 9.79 Å². The number of carbonyl (C=O) groups is 1. The van der Waals surface area contributed by atoms with E-state index in [0.29, 0.717) is 25.6 Å². The smallest absolute Gasteiger partial charge is 0.322 e. The van der Waals surface area contributed by atoms with E-state index in [4.69, 9.17) is 4.99 Å². The van der Waals surface area contributed by atoms with Crippen molar-refractivity contribution in [3.63, 3.8) is 0 Å². The Balaban J connectivity index is 1.60. The molecule has 0 bridgehead atoms. The molecule has 0 spiro atoms. The van der Waals surface area contributed by atoms with Crippen molar-refractivity contribution in [1.29, 1.82) is 5.26 Å². The summed E-state index contributed by atoms with van der Waals surface area (Å²) in [5.74, 6) is 0.477. The summed E-state index contributed by atoms with van der Waals surface area (Å²) in [7, 11) is 0. The standard InChI is InChI=1S/C26H25BrN6O/c1-19-7-5-6-10-23(19)31-25(29-18-28)32-15-16-33(24(17-32)20-8-3-2-4-9-20)26(34)30-22-13-11-21(27)12-14-22/h2-14,24H,15-17H2,1H3,(H,29,31)(H,30,34). The van der Waals surface area contributed by atoms with Crippen molar-refractivity contribution >= 4 is 39.3 Å². The summed E-state index contributed by atoms with van der Waals surface area (Å²) in [6.45, 7) is 3.50. The molecule has 1 aliphatic heterocycles. The number of piperazine rings is 1. The van der Waals surface area contributed by atoms with Gasteiger partial charge in [-0.15, -0.1) is 0 Å². The topological polar surface area (TPSA) is 83.8 Å². The number of rotatable bonds is 3. The van der Waals surface area contributed by atoms with Crippen LogP contribution in [0.15, 0.2) is 88.3 Å². The third-order valence-electron chi connectivity index (χ3n) is 5.73. The van der Waals surface area contributed by atoms with Crippen molar-refractivity contribution in [2.24, 2.45) is 4.99 Å². The van der Waals surface area contributed by atoms with Crippen LogP contribution in [0.5, 0.6) is 0 Å². The van der Waals surface area contributed by atoms with Gasteiger partial charge in [0.1, 0.15) is 0 Å². The number of nitrogens with one attached hydrogen (secondary N) is 2. The van der Waals surface area contributed by atoms with Gasteiger partial charge in [0, 0.05) is 29.8 Å². The lowest BCUT2D eigenvalue weighted by atomic mass is 10.0. The van der Waals surface area contributed by atoms with Crippen molar-refractivity contribution < 1.29 is 4.79 Å². The van der Waals surface area contributed by atoms with Crippen molar-refractivity contribution in [3.8, 4) is 6.19 Å². The number of aryl methyl sites for hydroxylation is 1. The van der Waals surface area contributed by atoms with Crippen molar-refractivity contribution in [2.45, 2.75) is 13.0 Å². The predicted molar refractivity (Wildman–Crippen MR) is 138 cm³/mol. The van der Waals surface area contributed by atoms with Gasteiger partial charge in [0.25, 0.3) is 0 Å². The number of benzene rings is 3. The lowest BCUT2D eigenvalue weighted by Gasteiger charge is -2.42. The van der Waals surface area contributed by atoms with Crippen LogP contribution in [0.4, 0.5) is 16.2 Å². The average molecular weight is 517 g/mol. The molecule has 4 rings (SSSR count). The van der Waals surface area contributed by atoms with Gasteiger partial charge in [-0.1, -0.05) is 64.5 Å². The fourth-order valence-electron chi connectivity index (χ4n) is 3.94. The molecule has 0 aromatic heterocycles. The number of urea groups is 1. The maximum absolute atomic E-state index is 13.3. The Kier molecular flexibility index (Phi) is 7.45. The van der Waals surface area contributed by atoms with E-state index in [0.717, 1.165) is 27.0 Å². The SMILES string of the molecule is Cc1ccccc1N=C(NC#N)N1CCN(C(=O)Nc2ccc(Br)cc2)C(c2ccccc2)C1. The Bertz CT molecular complexity index is 1210. The minimum Gasteiger partial charge on any atom is -0.338 e. The van der Waals surface area contributed by atoms with Crippen LogP contribution < -0.4 is 10.6 Å². The molecule has 7 nitrogen and oxygen atoms in total. The fourth-order valence-corrected chi connectivity index (χ4v) is 4.20. The number of aliphatic imine (C=N–C) groups is 1. The number of para-hydroxylation sites is 1. The second kappa shape index (κ2) is 10.9. The second-order valence-corrected chi connectivity index (χ2v) is 8.88. The molecule has 34 heavy (non-hydrogen) atoms. The second-order valence-electron chi connectivity index (χ2n) is 7.96.